The summed E-state index contributed by atoms with van der Waals surface area (Å²) in [5.74, 6) is -1.87. The van der Waals surface area contributed by atoms with E-state index in [1.807, 2.05) is 0 Å². The maximum absolute atomic E-state index is 12.5. The zero-order valence-corrected chi connectivity index (χ0v) is 16.2. The van der Waals surface area contributed by atoms with Crippen molar-refractivity contribution in [3.63, 3.8) is 0 Å². The van der Waals surface area contributed by atoms with E-state index in [1.54, 1.807) is 71.9 Å². The average Bonchev–Trinajstić information content (AvgIpc) is 2.55. The van der Waals surface area contributed by atoms with E-state index < -0.39 is 47.4 Å². The third kappa shape index (κ3) is 6.26. The van der Waals surface area contributed by atoms with Crippen LogP contribution < -0.4 is 0 Å². The fraction of sp³-hybridized carbons (Fsp3) is 0.550. The molecule has 0 saturated heterocycles. The number of hydrogen-bond acceptors (Lipinski definition) is 6. The predicted octanol–water partition coefficient (Wildman–Crippen LogP) is 2.84. The Morgan fingerprint density at radius 1 is 0.923 bits per heavy atom. The van der Waals surface area contributed by atoms with Gasteiger partial charge in [-0.25, -0.2) is 0 Å². The van der Waals surface area contributed by atoms with Crippen molar-refractivity contribution < 1.29 is 29.0 Å². The first-order valence-electron chi connectivity index (χ1n) is 8.48. The fourth-order valence-corrected chi connectivity index (χ4v) is 1.86. The summed E-state index contributed by atoms with van der Waals surface area (Å²) in [6.07, 6.45) is -2.82. The lowest BCUT2D eigenvalue weighted by atomic mass is 9.96. The molecule has 1 aromatic carbocycles. The van der Waals surface area contributed by atoms with Crippen LogP contribution in [0.5, 0.6) is 0 Å². The molecule has 0 heterocycles. The molecule has 0 radical (unpaired) electrons. The van der Waals surface area contributed by atoms with Crippen LogP contribution in [0.1, 0.15) is 53.2 Å². The molecule has 0 amide bonds. The lowest BCUT2D eigenvalue weighted by molar-refractivity contribution is -0.173. The lowest BCUT2D eigenvalue weighted by Crippen LogP contribution is -2.40. The van der Waals surface area contributed by atoms with Crippen molar-refractivity contribution in [3.05, 3.63) is 35.9 Å². The normalized spacial score (nSPS) is 14.3. The number of esters is 2. The van der Waals surface area contributed by atoms with Crippen LogP contribution in [0.25, 0.3) is 0 Å². The first-order valence-corrected chi connectivity index (χ1v) is 8.48. The average molecular weight is 364 g/mol. The molecule has 0 bridgehead atoms. The Labute approximate surface area is 154 Å². The first kappa shape index (κ1) is 21.8. The number of ketones is 1. The highest BCUT2D eigenvalue weighted by molar-refractivity contribution is 5.90. The van der Waals surface area contributed by atoms with Gasteiger partial charge in [-0.3, -0.25) is 14.4 Å². The summed E-state index contributed by atoms with van der Waals surface area (Å²) in [7, 11) is 0. The SMILES string of the molecule is CC(C)(C)C(=O)OCC(=O)[C@H](OC(=O)C(C)(C)C)[C@H](O)c1ccccc1. The number of ether oxygens (including phenoxy) is 2. The van der Waals surface area contributed by atoms with E-state index in [9.17, 15) is 19.5 Å². The fourth-order valence-electron chi connectivity index (χ4n) is 1.86. The van der Waals surface area contributed by atoms with E-state index in [0.29, 0.717) is 5.56 Å². The molecule has 2 atom stereocenters. The highest BCUT2D eigenvalue weighted by atomic mass is 16.6. The maximum Gasteiger partial charge on any atom is 0.312 e. The molecule has 1 rings (SSSR count). The molecule has 0 spiro atoms. The number of Topliss-reactive ketones (excluding diaryl/α,β-unsaturated/α-hetero) is 1. The van der Waals surface area contributed by atoms with Gasteiger partial charge in [-0.2, -0.15) is 0 Å². The largest absolute Gasteiger partial charge is 0.457 e. The monoisotopic (exact) mass is 364 g/mol. The molecule has 0 aliphatic carbocycles. The molecule has 0 aromatic heterocycles. The van der Waals surface area contributed by atoms with Crippen LogP contribution in [0.4, 0.5) is 0 Å². The minimum Gasteiger partial charge on any atom is -0.457 e. The van der Waals surface area contributed by atoms with Crippen molar-refractivity contribution >= 4 is 17.7 Å². The minimum atomic E-state index is -1.46. The minimum absolute atomic E-state index is 0.426. The number of aliphatic hydroxyl groups is 1. The van der Waals surface area contributed by atoms with Crippen LogP contribution in [0.3, 0.4) is 0 Å². The van der Waals surface area contributed by atoms with E-state index >= 15 is 0 Å². The predicted molar refractivity (Wildman–Crippen MR) is 96.2 cm³/mol. The molecule has 0 aliphatic rings. The topological polar surface area (TPSA) is 89.9 Å². The summed E-state index contributed by atoms with van der Waals surface area (Å²) in [4.78, 5) is 36.6. The zero-order chi connectivity index (χ0) is 20.1. The molecule has 0 saturated carbocycles. The summed E-state index contributed by atoms with van der Waals surface area (Å²) in [5, 5.41) is 10.6. The smallest absolute Gasteiger partial charge is 0.312 e. The highest BCUT2D eigenvalue weighted by Gasteiger charge is 2.36. The molecule has 0 aliphatic heterocycles. The zero-order valence-electron chi connectivity index (χ0n) is 16.2. The van der Waals surface area contributed by atoms with E-state index in [2.05, 4.69) is 0 Å². The Morgan fingerprint density at radius 3 is 1.88 bits per heavy atom. The van der Waals surface area contributed by atoms with Crippen molar-refractivity contribution in [1.82, 2.24) is 0 Å². The van der Waals surface area contributed by atoms with Crippen molar-refractivity contribution in [2.24, 2.45) is 10.8 Å². The van der Waals surface area contributed by atoms with Crippen molar-refractivity contribution in [2.75, 3.05) is 6.61 Å². The van der Waals surface area contributed by atoms with Crippen LogP contribution in [0.2, 0.25) is 0 Å². The van der Waals surface area contributed by atoms with E-state index in [-0.39, 0.29) is 0 Å². The Morgan fingerprint density at radius 2 is 1.42 bits per heavy atom. The molecule has 0 unspecified atom stereocenters. The second kappa shape index (κ2) is 8.45. The summed E-state index contributed by atoms with van der Waals surface area (Å²) in [6.45, 7) is 9.34. The Hall–Kier alpha value is -2.21. The number of carbonyl (C=O) groups is 3. The van der Waals surface area contributed by atoms with Crippen molar-refractivity contribution in [2.45, 2.75) is 53.8 Å². The molecular weight excluding hydrogens is 336 g/mol. The van der Waals surface area contributed by atoms with Gasteiger partial charge in [0.1, 0.15) is 6.10 Å². The quantitative estimate of drug-likeness (QED) is 0.781. The van der Waals surface area contributed by atoms with Crippen LogP contribution in [0, 0.1) is 10.8 Å². The molecule has 26 heavy (non-hydrogen) atoms. The molecular formula is C20H28O6. The summed E-state index contributed by atoms with van der Waals surface area (Å²) in [6, 6.07) is 8.41. The summed E-state index contributed by atoms with van der Waals surface area (Å²) < 4.78 is 10.3. The van der Waals surface area contributed by atoms with Gasteiger partial charge in [-0.1, -0.05) is 30.3 Å². The standard InChI is InChI=1S/C20H28O6/c1-19(2,3)17(23)25-12-14(21)16(26-18(24)20(4,5)6)15(22)13-10-8-7-9-11-13/h7-11,15-16,22H,12H2,1-6H3/t15-,16+/m1/s1. The third-order valence-corrected chi connectivity index (χ3v) is 3.55. The van der Waals surface area contributed by atoms with Crippen molar-refractivity contribution in [1.29, 1.82) is 0 Å². The summed E-state index contributed by atoms with van der Waals surface area (Å²) in [5.41, 5.74) is -1.19. The van der Waals surface area contributed by atoms with Gasteiger partial charge in [0.05, 0.1) is 10.8 Å². The van der Waals surface area contributed by atoms with Crippen LogP contribution >= 0.6 is 0 Å². The second-order valence-electron chi connectivity index (χ2n) is 8.22. The van der Waals surface area contributed by atoms with Gasteiger partial charge in [0.15, 0.2) is 12.7 Å². The van der Waals surface area contributed by atoms with Gasteiger partial charge in [-0.15, -0.1) is 0 Å². The molecule has 6 nitrogen and oxygen atoms in total. The van der Waals surface area contributed by atoms with Gasteiger partial charge in [-0.05, 0) is 47.1 Å². The van der Waals surface area contributed by atoms with Gasteiger partial charge < -0.3 is 14.6 Å². The number of rotatable bonds is 6. The third-order valence-electron chi connectivity index (χ3n) is 3.55. The maximum atomic E-state index is 12.5. The molecule has 144 valence electrons. The number of hydrogen-bond donors (Lipinski definition) is 1. The molecule has 1 N–H and O–H groups in total. The van der Waals surface area contributed by atoms with Crippen LogP contribution in [-0.2, 0) is 23.9 Å². The van der Waals surface area contributed by atoms with Crippen molar-refractivity contribution in [3.8, 4) is 0 Å². The number of benzene rings is 1. The van der Waals surface area contributed by atoms with E-state index in [0.717, 1.165) is 0 Å². The summed E-state index contributed by atoms with van der Waals surface area (Å²) >= 11 is 0. The first-order chi connectivity index (χ1) is 11.8. The Kier molecular flexibility index (Phi) is 7.09. The van der Waals surface area contributed by atoms with Gasteiger partial charge in [0.25, 0.3) is 0 Å². The molecule has 6 heteroatoms. The second-order valence-corrected chi connectivity index (χ2v) is 8.22. The number of aliphatic hydroxyl groups excluding tert-OH is 1. The van der Waals surface area contributed by atoms with Gasteiger partial charge in [0.2, 0.25) is 5.78 Å². The Balaban J connectivity index is 2.98. The van der Waals surface area contributed by atoms with E-state index in [4.69, 9.17) is 9.47 Å². The molecule has 1 aromatic rings. The Bertz CT molecular complexity index is 637. The van der Waals surface area contributed by atoms with Crippen LogP contribution in [0.15, 0.2) is 30.3 Å². The van der Waals surface area contributed by atoms with E-state index in [1.165, 1.54) is 0 Å². The lowest BCUT2D eigenvalue weighted by Gasteiger charge is -2.26. The van der Waals surface area contributed by atoms with Crippen LogP contribution in [-0.4, -0.2) is 35.5 Å². The van der Waals surface area contributed by atoms with Gasteiger partial charge >= 0.3 is 11.9 Å². The molecule has 0 fully saturated rings. The number of carbonyl (C=O) groups excluding carboxylic acids is 3. The highest BCUT2D eigenvalue weighted by Crippen LogP contribution is 2.24. The van der Waals surface area contributed by atoms with Gasteiger partial charge in [0, 0.05) is 0 Å².